The van der Waals surface area contributed by atoms with E-state index in [1.54, 1.807) is 28.4 Å². The number of H-pyrrole nitrogens is 1. The van der Waals surface area contributed by atoms with Crippen LogP contribution >= 0.6 is 11.3 Å². The van der Waals surface area contributed by atoms with Crippen molar-refractivity contribution in [1.82, 2.24) is 14.5 Å². The van der Waals surface area contributed by atoms with Crippen LogP contribution in [0.3, 0.4) is 0 Å². The molecule has 0 saturated heterocycles. The first-order chi connectivity index (χ1) is 8.75. The summed E-state index contributed by atoms with van der Waals surface area (Å²) >= 11 is 1.68. The van der Waals surface area contributed by atoms with Crippen LogP contribution in [0.4, 0.5) is 0 Å². The van der Waals surface area contributed by atoms with Crippen LogP contribution in [0.15, 0.2) is 40.2 Å². The SMILES string of the molecule is CC(Cc1ccsc1)n1cnc2cc[nH]c2c1=O. The summed E-state index contributed by atoms with van der Waals surface area (Å²) in [6.07, 6.45) is 4.22. The number of hydrogen-bond acceptors (Lipinski definition) is 3. The number of aromatic nitrogens is 3. The third kappa shape index (κ3) is 1.86. The molecule has 0 aliphatic rings. The predicted octanol–water partition coefficient (Wildman–Crippen LogP) is 2.59. The summed E-state index contributed by atoms with van der Waals surface area (Å²) in [5, 5.41) is 4.17. The minimum Gasteiger partial charge on any atom is -0.355 e. The molecule has 5 heteroatoms. The molecule has 3 aromatic rings. The van der Waals surface area contributed by atoms with E-state index in [0.717, 1.165) is 11.9 Å². The third-order valence-corrected chi connectivity index (χ3v) is 3.81. The Kier molecular flexibility index (Phi) is 2.76. The first-order valence-electron chi connectivity index (χ1n) is 5.81. The van der Waals surface area contributed by atoms with E-state index in [9.17, 15) is 4.79 Å². The molecule has 3 heterocycles. The van der Waals surface area contributed by atoms with E-state index in [4.69, 9.17) is 0 Å². The molecule has 0 spiro atoms. The highest BCUT2D eigenvalue weighted by atomic mass is 32.1. The molecule has 1 atom stereocenters. The zero-order valence-electron chi connectivity index (χ0n) is 9.96. The van der Waals surface area contributed by atoms with Gasteiger partial charge in [0.05, 0.1) is 11.8 Å². The Hall–Kier alpha value is -1.88. The molecule has 4 nitrogen and oxygen atoms in total. The Morgan fingerprint density at radius 2 is 2.39 bits per heavy atom. The van der Waals surface area contributed by atoms with E-state index in [-0.39, 0.29) is 11.6 Å². The molecular weight excluding hydrogens is 246 g/mol. The van der Waals surface area contributed by atoms with Crippen molar-refractivity contribution in [2.75, 3.05) is 0 Å². The molecule has 3 aromatic heterocycles. The highest BCUT2D eigenvalue weighted by Gasteiger charge is 2.11. The minimum atomic E-state index is -0.00673. The zero-order valence-corrected chi connectivity index (χ0v) is 10.8. The van der Waals surface area contributed by atoms with Crippen LogP contribution in [0.25, 0.3) is 11.0 Å². The number of thiophene rings is 1. The second-order valence-corrected chi connectivity index (χ2v) is 5.16. The number of hydrogen-bond donors (Lipinski definition) is 1. The Labute approximate surface area is 108 Å². The Morgan fingerprint density at radius 3 is 3.17 bits per heavy atom. The molecule has 1 N–H and O–H groups in total. The van der Waals surface area contributed by atoms with Gasteiger partial charge in [0, 0.05) is 12.2 Å². The van der Waals surface area contributed by atoms with Gasteiger partial charge in [0.2, 0.25) is 0 Å². The van der Waals surface area contributed by atoms with Crippen LogP contribution in [0.1, 0.15) is 18.5 Å². The first-order valence-corrected chi connectivity index (χ1v) is 6.75. The minimum absolute atomic E-state index is 0.00673. The molecule has 0 bridgehead atoms. The van der Waals surface area contributed by atoms with E-state index in [0.29, 0.717) is 5.52 Å². The van der Waals surface area contributed by atoms with Crippen molar-refractivity contribution in [1.29, 1.82) is 0 Å². The van der Waals surface area contributed by atoms with Crippen LogP contribution in [0, 0.1) is 0 Å². The highest BCUT2D eigenvalue weighted by molar-refractivity contribution is 7.07. The highest BCUT2D eigenvalue weighted by Crippen LogP contribution is 2.15. The molecule has 0 aliphatic carbocycles. The molecule has 3 rings (SSSR count). The molecule has 0 aromatic carbocycles. The molecule has 0 saturated carbocycles. The molecular formula is C13H13N3OS. The van der Waals surface area contributed by atoms with Gasteiger partial charge in [-0.1, -0.05) is 0 Å². The molecule has 0 radical (unpaired) electrons. The topological polar surface area (TPSA) is 50.7 Å². The van der Waals surface area contributed by atoms with Crippen molar-refractivity contribution in [3.63, 3.8) is 0 Å². The van der Waals surface area contributed by atoms with Gasteiger partial charge in [0.1, 0.15) is 5.52 Å². The molecule has 18 heavy (non-hydrogen) atoms. The average molecular weight is 259 g/mol. The summed E-state index contributed by atoms with van der Waals surface area (Å²) in [6, 6.07) is 4.00. The lowest BCUT2D eigenvalue weighted by Crippen LogP contribution is -2.24. The molecule has 0 aliphatic heterocycles. The van der Waals surface area contributed by atoms with Crippen molar-refractivity contribution in [3.05, 3.63) is 51.3 Å². The number of nitrogens with one attached hydrogen (secondary N) is 1. The third-order valence-electron chi connectivity index (χ3n) is 3.08. The second kappa shape index (κ2) is 4.42. The van der Waals surface area contributed by atoms with Gasteiger partial charge >= 0.3 is 0 Å². The van der Waals surface area contributed by atoms with Crippen LogP contribution in [0.5, 0.6) is 0 Å². The largest absolute Gasteiger partial charge is 0.355 e. The fourth-order valence-electron chi connectivity index (χ4n) is 2.11. The van der Waals surface area contributed by atoms with Gasteiger partial charge in [0.15, 0.2) is 0 Å². The molecule has 0 amide bonds. The summed E-state index contributed by atoms with van der Waals surface area (Å²) in [4.78, 5) is 19.5. The maximum atomic E-state index is 12.3. The van der Waals surface area contributed by atoms with E-state index in [1.807, 2.05) is 13.0 Å². The lowest BCUT2D eigenvalue weighted by atomic mass is 10.1. The maximum absolute atomic E-state index is 12.3. The standard InChI is InChI=1S/C13H13N3OS/c1-9(6-10-3-5-18-7-10)16-8-15-11-2-4-14-12(11)13(16)17/h2-5,7-9,14H,6H2,1H3. The van der Waals surface area contributed by atoms with Gasteiger partial charge < -0.3 is 4.98 Å². The summed E-state index contributed by atoms with van der Waals surface area (Å²) in [5.74, 6) is 0. The van der Waals surface area contributed by atoms with Gasteiger partial charge in [-0.05, 0) is 41.8 Å². The molecule has 0 fully saturated rings. The summed E-state index contributed by atoms with van der Waals surface area (Å²) < 4.78 is 1.69. The second-order valence-electron chi connectivity index (χ2n) is 4.38. The van der Waals surface area contributed by atoms with Crippen molar-refractivity contribution in [3.8, 4) is 0 Å². The number of fused-ring (bicyclic) bond motifs is 1. The van der Waals surface area contributed by atoms with Crippen molar-refractivity contribution in [2.45, 2.75) is 19.4 Å². The van der Waals surface area contributed by atoms with Gasteiger partial charge in [-0.2, -0.15) is 11.3 Å². The first kappa shape index (κ1) is 11.2. The maximum Gasteiger partial charge on any atom is 0.277 e. The van der Waals surface area contributed by atoms with Crippen LogP contribution in [-0.4, -0.2) is 14.5 Å². The predicted molar refractivity (Wildman–Crippen MR) is 73.1 cm³/mol. The summed E-state index contributed by atoms with van der Waals surface area (Å²) in [7, 11) is 0. The number of aromatic amines is 1. The number of rotatable bonds is 3. The Balaban J connectivity index is 1.98. The van der Waals surface area contributed by atoms with Gasteiger partial charge in [-0.25, -0.2) is 4.98 Å². The lowest BCUT2D eigenvalue weighted by Gasteiger charge is -2.13. The zero-order chi connectivity index (χ0) is 12.5. The smallest absolute Gasteiger partial charge is 0.277 e. The molecule has 92 valence electrons. The average Bonchev–Trinajstić information content (AvgIpc) is 2.99. The molecule has 1 unspecified atom stereocenters. The van der Waals surface area contributed by atoms with Crippen LogP contribution in [-0.2, 0) is 6.42 Å². The van der Waals surface area contributed by atoms with E-state index in [1.165, 1.54) is 5.56 Å². The van der Waals surface area contributed by atoms with Gasteiger partial charge in [0.25, 0.3) is 5.56 Å². The van der Waals surface area contributed by atoms with Crippen LogP contribution < -0.4 is 5.56 Å². The normalized spacial score (nSPS) is 12.9. The van der Waals surface area contributed by atoms with Crippen molar-refractivity contribution >= 4 is 22.4 Å². The fraction of sp³-hybridized carbons (Fsp3) is 0.231. The van der Waals surface area contributed by atoms with Crippen LogP contribution in [0.2, 0.25) is 0 Å². The van der Waals surface area contributed by atoms with E-state index in [2.05, 4.69) is 26.8 Å². The summed E-state index contributed by atoms with van der Waals surface area (Å²) in [6.45, 7) is 2.04. The fourth-order valence-corrected chi connectivity index (χ4v) is 2.79. The van der Waals surface area contributed by atoms with E-state index < -0.39 is 0 Å². The van der Waals surface area contributed by atoms with Gasteiger partial charge in [-0.3, -0.25) is 9.36 Å². The lowest BCUT2D eigenvalue weighted by molar-refractivity contribution is 0.523. The Bertz CT molecular complexity index is 711. The number of nitrogens with zero attached hydrogens (tertiary/aromatic N) is 2. The van der Waals surface area contributed by atoms with Gasteiger partial charge in [-0.15, -0.1) is 0 Å². The van der Waals surface area contributed by atoms with Crippen molar-refractivity contribution in [2.24, 2.45) is 0 Å². The Morgan fingerprint density at radius 1 is 1.50 bits per heavy atom. The van der Waals surface area contributed by atoms with Crippen molar-refractivity contribution < 1.29 is 0 Å². The monoisotopic (exact) mass is 259 g/mol. The summed E-state index contributed by atoms with van der Waals surface area (Å²) in [5.41, 5.74) is 2.55. The van der Waals surface area contributed by atoms with E-state index >= 15 is 0 Å². The quantitative estimate of drug-likeness (QED) is 0.786.